The van der Waals surface area contributed by atoms with Crippen LogP contribution in [-0.4, -0.2) is 48.1 Å². The maximum Gasteiger partial charge on any atom is 0.319 e. The van der Waals surface area contributed by atoms with Gasteiger partial charge in [0.25, 0.3) is 5.91 Å². The van der Waals surface area contributed by atoms with Gasteiger partial charge in [0.15, 0.2) is 0 Å². The standard InChI is InChI=1S/C24H28N4O3S/c1-16-4-7-19(8-5-16)26-24(31)25-14-17-3-2-11-28(15-17)23(30)18-6-9-21-20(13-18)27-22(29)10-12-32-21/h4-9,13,17H,2-3,10-12,14-15H2,1H3,(H,27,29)(H2,25,26,31). The molecule has 2 aromatic rings. The van der Waals surface area contributed by atoms with Crippen LogP contribution in [0.5, 0.6) is 0 Å². The molecule has 2 aliphatic heterocycles. The minimum atomic E-state index is -0.240. The average molecular weight is 453 g/mol. The maximum atomic E-state index is 13.1. The topological polar surface area (TPSA) is 90.5 Å². The average Bonchev–Trinajstić information content (AvgIpc) is 2.99. The highest BCUT2D eigenvalue weighted by atomic mass is 32.2. The fraction of sp³-hybridized carbons (Fsp3) is 0.375. The summed E-state index contributed by atoms with van der Waals surface area (Å²) in [6.45, 7) is 3.81. The summed E-state index contributed by atoms with van der Waals surface area (Å²) in [5, 5.41) is 8.67. The molecule has 4 amide bonds. The number of anilines is 2. The summed E-state index contributed by atoms with van der Waals surface area (Å²) >= 11 is 1.63. The Morgan fingerprint density at radius 2 is 2.00 bits per heavy atom. The maximum absolute atomic E-state index is 13.1. The lowest BCUT2D eigenvalue weighted by Crippen LogP contribution is -2.44. The number of carbonyl (C=O) groups is 3. The summed E-state index contributed by atoms with van der Waals surface area (Å²) in [4.78, 5) is 40.1. The number of nitrogens with zero attached hydrogens (tertiary/aromatic N) is 1. The molecule has 4 rings (SSSR count). The molecular weight excluding hydrogens is 424 g/mol. The molecule has 0 aromatic heterocycles. The van der Waals surface area contributed by atoms with E-state index >= 15 is 0 Å². The highest BCUT2D eigenvalue weighted by Crippen LogP contribution is 2.32. The molecule has 32 heavy (non-hydrogen) atoms. The number of aryl methyl sites for hydroxylation is 1. The van der Waals surface area contributed by atoms with Crippen molar-refractivity contribution in [2.75, 3.05) is 36.0 Å². The molecule has 8 heteroatoms. The molecule has 1 fully saturated rings. The molecule has 1 saturated heterocycles. The number of urea groups is 1. The van der Waals surface area contributed by atoms with Gasteiger partial charge in [-0.05, 0) is 56.0 Å². The van der Waals surface area contributed by atoms with Crippen molar-refractivity contribution in [1.82, 2.24) is 10.2 Å². The normalized spacial score (nSPS) is 18.2. The van der Waals surface area contributed by atoms with Gasteiger partial charge in [0, 0.05) is 48.0 Å². The molecule has 2 aromatic carbocycles. The quantitative estimate of drug-likeness (QED) is 0.651. The lowest BCUT2D eigenvalue weighted by Gasteiger charge is -2.33. The van der Waals surface area contributed by atoms with Crippen LogP contribution >= 0.6 is 11.8 Å². The van der Waals surface area contributed by atoms with Gasteiger partial charge in [0.1, 0.15) is 0 Å². The number of rotatable bonds is 4. The third kappa shape index (κ3) is 5.62. The highest BCUT2D eigenvalue weighted by molar-refractivity contribution is 7.99. The van der Waals surface area contributed by atoms with Crippen LogP contribution in [0.4, 0.5) is 16.2 Å². The van der Waals surface area contributed by atoms with Crippen LogP contribution in [0.1, 0.15) is 35.2 Å². The lowest BCUT2D eigenvalue weighted by molar-refractivity contribution is -0.115. The fourth-order valence-electron chi connectivity index (χ4n) is 4.00. The number of hydrogen-bond donors (Lipinski definition) is 3. The van der Waals surface area contributed by atoms with Crippen LogP contribution in [0.3, 0.4) is 0 Å². The number of benzene rings is 2. The van der Waals surface area contributed by atoms with Gasteiger partial charge >= 0.3 is 6.03 Å². The van der Waals surface area contributed by atoms with Crippen LogP contribution in [0.25, 0.3) is 0 Å². The van der Waals surface area contributed by atoms with Crippen LogP contribution in [0.15, 0.2) is 47.4 Å². The van der Waals surface area contributed by atoms with Crippen molar-refractivity contribution in [1.29, 1.82) is 0 Å². The van der Waals surface area contributed by atoms with Crippen molar-refractivity contribution in [2.45, 2.75) is 31.1 Å². The molecule has 0 bridgehead atoms. The van der Waals surface area contributed by atoms with Crippen LogP contribution in [0.2, 0.25) is 0 Å². The van der Waals surface area contributed by atoms with Crippen LogP contribution in [0, 0.1) is 12.8 Å². The van der Waals surface area contributed by atoms with Gasteiger partial charge in [0.2, 0.25) is 5.91 Å². The molecule has 2 aliphatic rings. The predicted octanol–water partition coefficient (Wildman–Crippen LogP) is 4.10. The minimum Gasteiger partial charge on any atom is -0.338 e. The van der Waals surface area contributed by atoms with Gasteiger partial charge in [-0.1, -0.05) is 17.7 Å². The summed E-state index contributed by atoms with van der Waals surface area (Å²) in [5.74, 6) is 0.885. The Bertz CT molecular complexity index is 1010. The number of likely N-dealkylation sites (tertiary alicyclic amines) is 1. The summed E-state index contributed by atoms with van der Waals surface area (Å²) in [6.07, 6.45) is 2.33. The lowest BCUT2D eigenvalue weighted by atomic mass is 9.97. The number of fused-ring (bicyclic) bond motifs is 1. The molecule has 7 nitrogen and oxygen atoms in total. The van der Waals surface area contributed by atoms with Gasteiger partial charge in [-0.2, -0.15) is 0 Å². The Morgan fingerprint density at radius 1 is 1.19 bits per heavy atom. The number of amides is 4. The second kappa shape index (κ2) is 10.1. The minimum absolute atomic E-state index is 0.0196. The van der Waals surface area contributed by atoms with E-state index in [1.54, 1.807) is 17.8 Å². The van der Waals surface area contributed by atoms with Crippen molar-refractivity contribution in [3.8, 4) is 0 Å². The first-order valence-corrected chi connectivity index (χ1v) is 11.9. The Kier molecular flexibility index (Phi) is 6.99. The van der Waals surface area contributed by atoms with Crippen LogP contribution < -0.4 is 16.0 Å². The Labute approximate surface area is 192 Å². The molecular formula is C24H28N4O3S. The molecule has 0 saturated carbocycles. The molecule has 0 aliphatic carbocycles. The van der Waals surface area contributed by atoms with E-state index in [0.717, 1.165) is 34.7 Å². The van der Waals surface area contributed by atoms with Crippen molar-refractivity contribution in [3.05, 3.63) is 53.6 Å². The first kappa shape index (κ1) is 22.2. The summed E-state index contributed by atoms with van der Waals surface area (Å²) in [6, 6.07) is 12.9. The first-order valence-electron chi connectivity index (χ1n) is 11.0. The van der Waals surface area contributed by atoms with Gasteiger partial charge < -0.3 is 20.9 Å². The number of hydrogen-bond acceptors (Lipinski definition) is 4. The van der Waals surface area contributed by atoms with E-state index in [1.165, 1.54) is 0 Å². The zero-order valence-electron chi connectivity index (χ0n) is 18.1. The molecule has 168 valence electrons. The Morgan fingerprint density at radius 3 is 2.81 bits per heavy atom. The molecule has 2 heterocycles. The van der Waals surface area contributed by atoms with E-state index < -0.39 is 0 Å². The fourth-order valence-corrected chi connectivity index (χ4v) is 4.94. The van der Waals surface area contributed by atoms with Crippen molar-refractivity contribution < 1.29 is 14.4 Å². The Balaban J connectivity index is 1.32. The predicted molar refractivity (Wildman–Crippen MR) is 127 cm³/mol. The van der Waals surface area contributed by atoms with E-state index in [2.05, 4.69) is 16.0 Å². The van der Waals surface area contributed by atoms with Gasteiger partial charge in [-0.15, -0.1) is 11.8 Å². The second-order valence-corrected chi connectivity index (χ2v) is 9.45. The summed E-state index contributed by atoms with van der Waals surface area (Å²) in [7, 11) is 0. The smallest absolute Gasteiger partial charge is 0.319 e. The van der Waals surface area contributed by atoms with E-state index in [0.29, 0.717) is 37.3 Å². The van der Waals surface area contributed by atoms with E-state index in [4.69, 9.17) is 0 Å². The zero-order valence-corrected chi connectivity index (χ0v) is 19.0. The third-order valence-electron chi connectivity index (χ3n) is 5.75. The number of carbonyl (C=O) groups excluding carboxylic acids is 3. The van der Waals surface area contributed by atoms with Crippen molar-refractivity contribution in [2.24, 2.45) is 5.92 Å². The molecule has 0 spiro atoms. The second-order valence-electron chi connectivity index (χ2n) is 8.32. The monoisotopic (exact) mass is 452 g/mol. The number of thioether (sulfide) groups is 1. The first-order chi connectivity index (χ1) is 15.5. The number of piperidine rings is 1. The third-order valence-corrected chi connectivity index (χ3v) is 6.83. The van der Waals surface area contributed by atoms with E-state index in [9.17, 15) is 14.4 Å². The van der Waals surface area contributed by atoms with Crippen molar-refractivity contribution in [3.63, 3.8) is 0 Å². The highest BCUT2D eigenvalue weighted by Gasteiger charge is 2.26. The molecule has 3 N–H and O–H groups in total. The SMILES string of the molecule is Cc1ccc(NC(=O)NCC2CCCN(C(=O)c3ccc4c(c3)NC(=O)CCS4)C2)cc1. The van der Waals surface area contributed by atoms with Crippen molar-refractivity contribution >= 4 is 41.0 Å². The van der Waals surface area contributed by atoms with Gasteiger partial charge in [0.05, 0.1) is 5.69 Å². The molecule has 1 unspecified atom stereocenters. The van der Waals surface area contributed by atoms with Gasteiger partial charge in [-0.25, -0.2) is 4.79 Å². The summed E-state index contributed by atoms with van der Waals surface area (Å²) in [5.41, 5.74) is 3.18. The Hall–Kier alpha value is -3.00. The molecule has 1 atom stereocenters. The van der Waals surface area contributed by atoms with E-state index in [1.807, 2.05) is 48.2 Å². The molecule has 0 radical (unpaired) electrons. The largest absolute Gasteiger partial charge is 0.338 e. The summed E-state index contributed by atoms with van der Waals surface area (Å²) < 4.78 is 0. The van der Waals surface area contributed by atoms with Gasteiger partial charge in [-0.3, -0.25) is 9.59 Å². The van der Waals surface area contributed by atoms with E-state index in [-0.39, 0.29) is 23.8 Å². The zero-order chi connectivity index (χ0) is 22.5. The number of nitrogens with one attached hydrogen (secondary N) is 3. The van der Waals surface area contributed by atoms with Crippen LogP contribution in [-0.2, 0) is 4.79 Å².